The van der Waals surface area contributed by atoms with E-state index in [1.54, 1.807) is 12.3 Å². The summed E-state index contributed by atoms with van der Waals surface area (Å²) in [7, 11) is 1.92. The molecule has 0 saturated heterocycles. The lowest BCUT2D eigenvalue weighted by molar-refractivity contribution is -0.384. The molecule has 2 atom stereocenters. The fourth-order valence-electron chi connectivity index (χ4n) is 2.97. The maximum absolute atomic E-state index is 11.1. The molecule has 0 aliphatic heterocycles. The summed E-state index contributed by atoms with van der Waals surface area (Å²) >= 11 is 0. The van der Waals surface area contributed by atoms with Gasteiger partial charge in [-0.1, -0.05) is 12.8 Å². The highest BCUT2D eigenvalue weighted by atomic mass is 16.6. The normalized spacial score (nSPS) is 23.1. The third kappa shape index (κ3) is 2.84. The topological polar surface area (TPSA) is 85.3 Å². The zero-order chi connectivity index (χ0) is 13.8. The molecule has 2 unspecified atom stereocenters. The van der Waals surface area contributed by atoms with Gasteiger partial charge in [0, 0.05) is 19.3 Å². The van der Waals surface area contributed by atoms with E-state index >= 15 is 0 Å². The number of hydrogen-bond acceptors (Lipinski definition) is 5. The number of hydrogen-bond donors (Lipinski definition) is 1. The molecule has 1 fully saturated rings. The van der Waals surface area contributed by atoms with Crippen molar-refractivity contribution in [2.24, 2.45) is 11.7 Å². The van der Waals surface area contributed by atoms with E-state index in [-0.39, 0.29) is 16.7 Å². The van der Waals surface area contributed by atoms with Crippen molar-refractivity contribution in [1.29, 1.82) is 0 Å². The summed E-state index contributed by atoms with van der Waals surface area (Å²) in [5, 5.41) is 11.1. The first-order chi connectivity index (χ1) is 9.15. The Morgan fingerprint density at radius 2 is 2.26 bits per heavy atom. The first-order valence-corrected chi connectivity index (χ1v) is 6.66. The number of nitrogens with zero attached hydrogens (tertiary/aromatic N) is 3. The van der Waals surface area contributed by atoms with E-state index in [0.717, 1.165) is 19.3 Å². The fourth-order valence-corrected chi connectivity index (χ4v) is 2.97. The Bertz CT molecular complexity index is 452. The molecule has 2 N–H and O–H groups in total. The maximum Gasteiger partial charge on any atom is 0.310 e. The van der Waals surface area contributed by atoms with E-state index in [2.05, 4.69) is 4.98 Å². The van der Waals surface area contributed by atoms with Crippen LogP contribution in [0.4, 0.5) is 11.4 Å². The summed E-state index contributed by atoms with van der Waals surface area (Å²) in [6, 6.07) is 1.99. The molecule has 1 aliphatic carbocycles. The van der Waals surface area contributed by atoms with Crippen LogP contribution in [0.2, 0.25) is 0 Å². The summed E-state index contributed by atoms with van der Waals surface area (Å²) in [6.45, 7) is 0.633. The molecule has 2 rings (SSSR count). The lowest BCUT2D eigenvalue weighted by Crippen LogP contribution is -2.43. The third-order valence-electron chi connectivity index (χ3n) is 4.02. The van der Waals surface area contributed by atoms with Crippen LogP contribution in [0.25, 0.3) is 0 Å². The molecular formula is C13H20N4O2. The number of nitro groups is 1. The second-order valence-corrected chi connectivity index (χ2v) is 5.08. The Morgan fingerprint density at radius 1 is 1.53 bits per heavy atom. The maximum atomic E-state index is 11.1. The second-order valence-electron chi connectivity index (χ2n) is 5.08. The van der Waals surface area contributed by atoms with Crippen LogP contribution < -0.4 is 10.6 Å². The lowest BCUT2D eigenvalue weighted by atomic mass is 9.83. The Hall–Kier alpha value is -1.69. The van der Waals surface area contributed by atoms with Crippen molar-refractivity contribution in [1.82, 2.24) is 4.98 Å². The first-order valence-electron chi connectivity index (χ1n) is 6.66. The molecule has 6 nitrogen and oxygen atoms in total. The zero-order valence-corrected chi connectivity index (χ0v) is 11.2. The van der Waals surface area contributed by atoms with Gasteiger partial charge < -0.3 is 10.6 Å². The second kappa shape index (κ2) is 5.97. The highest BCUT2D eigenvalue weighted by Crippen LogP contribution is 2.34. The highest BCUT2D eigenvalue weighted by molar-refractivity contribution is 5.61. The summed E-state index contributed by atoms with van der Waals surface area (Å²) in [5.41, 5.74) is 6.53. The third-order valence-corrected chi connectivity index (χ3v) is 4.02. The van der Waals surface area contributed by atoms with Gasteiger partial charge in [-0.2, -0.15) is 0 Å². The molecule has 0 amide bonds. The molecule has 104 valence electrons. The molecule has 0 spiro atoms. The van der Waals surface area contributed by atoms with Gasteiger partial charge in [-0.05, 0) is 31.4 Å². The van der Waals surface area contributed by atoms with Crippen molar-refractivity contribution < 1.29 is 4.92 Å². The smallest absolute Gasteiger partial charge is 0.310 e. The van der Waals surface area contributed by atoms with Crippen molar-refractivity contribution in [2.75, 3.05) is 18.5 Å². The molecule has 1 saturated carbocycles. The molecule has 0 bridgehead atoms. The minimum atomic E-state index is -0.376. The van der Waals surface area contributed by atoms with Crippen molar-refractivity contribution in [3.8, 4) is 0 Å². The summed E-state index contributed by atoms with van der Waals surface area (Å²) in [6.07, 6.45) is 7.41. The van der Waals surface area contributed by atoms with Crippen LogP contribution in [0.5, 0.6) is 0 Å². The van der Waals surface area contributed by atoms with E-state index in [1.807, 2.05) is 11.9 Å². The largest absolute Gasteiger partial charge is 0.366 e. The average molecular weight is 264 g/mol. The monoisotopic (exact) mass is 264 g/mol. The van der Waals surface area contributed by atoms with Gasteiger partial charge in [0.15, 0.2) is 0 Å². The van der Waals surface area contributed by atoms with Crippen LogP contribution in [-0.2, 0) is 0 Å². The number of nitrogens with two attached hydrogens (primary N) is 1. The standard InChI is InChI=1S/C13H20N4O2/c1-16(11-5-3-2-4-10(11)8-14)12-6-7-15-9-13(12)17(18)19/h6-7,9-11H,2-5,8,14H2,1H3. The van der Waals surface area contributed by atoms with E-state index in [0.29, 0.717) is 18.2 Å². The quantitative estimate of drug-likeness (QED) is 0.663. The molecule has 6 heteroatoms. The molecule has 19 heavy (non-hydrogen) atoms. The van der Waals surface area contributed by atoms with Crippen molar-refractivity contribution in [2.45, 2.75) is 31.7 Å². The zero-order valence-electron chi connectivity index (χ0n) is 11.2. The van der Waals surface area contributed by atoms with Crippen molar-refractivity contribution >= 4 is 11.4 Å². The van der Waals surface area contributed by atoms with E-state index in [9.17, 15) is 10.1 Å². The molecule has 0 aromatic carbocycles. The predicted octanol–water partition coefficient (Wildman–Crippen LogP) is 1.94. The number of rotatable bonds is 4. The van der Waals surface area contributed by atoms with Crippen LogP contribution in [0.1, 0.15) is 25.7 Å². The Kier molecular flexibility index (Phi) is 4.31. The Labute approximate surface area is 112 Å². The van der Waals surface area contributed by atoms with Gasteiger partial charge in [0.05, 0.1) is 4.92 Å². The van der Waals surface area contributed by atoms with Gasteiger partial charge in [-0.3, -0.25) is 15.1 Å². The highest BCUT2D eigenvalue weighted by Gasteiger charge is 2.30. The Balaban J connectivity index is 2.27. The molecule has 1 aromatic rings. The van der Waals surface area contributed by atoms with Gasteiger partial charge in [-0.25, -0.2) is 0 Å². The summed E-state index contributed by atoms with van der Waals surface area (Å²) < 4.78 is 0. The van der Waals surface area contributed by atoms with Gasteiger partial charge in [0.1, 0.15) is 11.9 Å². The van der Waals surface area contributed by atoms with Crippen LogP contribution in [0, 0.1) is 16.0 Å². The molecule has 1 heterocycles. The van der Waals surface area contributed by atoms with E-state index in [4.69, 9.17) is 5.73 Å². The molecule has 1 aliphatic rings. The van der Waals surface area contributed by atoms with Gasteiger partial charge >= 0.3 is 5.69 Å². The number of anilines is 1. The first kappa shape index (κ1) is 13.7. The van der Waals surface area contributed by atoms with Crippen LogP contribution in [-0.4, -0.2) is 29.5 Å². The Morgan fingerprint density at radius 3 is 2.95 bits per heavy atom. The number of pyridine rings is 1. The van der Waals surface area contributed by atoms with Crippen LogP contribution in [0.15, 0.2) is 18.5 Å². The van der Waals surface area contributed by atoms with Gasteiger partial charge in [0.2, 0.25) is 0 Å². The minimum Gasteiger partial charge on any atom is -0.366 e. The average Bonchev–Trinajstić information content (AvgIpc) is 2.46. The number of aromatic nitrogens is 1. The fraction of sp³-hybridized carbons (Fsp3) is 0.615. The van der Waals surface area contributed by atoms with Crippen LogP contribution in [0.3, 0.4) is 0 Å². The van der Waals surface area contributed by atoms with E-state index in [1.165, 1.54) is 12.6 Å². The van der Waals surface area contributed by atoms with E-state index < -0.39 is 0 Å². The van der Waals surface area contributed by atoms with Crippen molar-refractivity contribution in [3.63, 3.8) is 0 Å². The van der Waals surface area contributed by atoms with Crippen molar-refractivity contribution in [3.05, 3.63) is 28.6 Å². The predicted molar refractivity (Wildman–Crippen MR) is 74.1 cm³/mol. The molecule has 1 aromatic heterocycles. The lowest BCUT2D eigenvalue weighted by Gasteiger charge is -2.38. The van der Waals surface area contributed by atoms with Gasteiger partial charge in [-0.15, -0.1) is 0 Å². The SMILES string of the molecule is CN(c1ccncc1[N+](=O)[O-])C1CCCCC1CN. The molecule has 0 radical (unpaired) electrons. The van der Waals surface area contributed by atoms with Gasteiger partial charge in [0.25, 0.3) is 0 Å². The summed E-state index contributed by atoms with van der Waals surface area (Å²) in [4.78, 5) is 16.5. The van der Waals surface area contributed by atoms with Crippen LogP contribution >= 0.6 is 0 Å². The minimum absolute atomic E-state index is 0.0614. The summed E-state index contributed by atoms with van der Waals surface area (Å²) in [5.74, 6) is 0.409. The molecular weight excluding hydrogens is 244 g/mol.